The number of unbranched alkanes of at least 4 members (excludes halogenated alkanes) is 33. The molecular formula is C54H106O4. The molecule has 1 aliphatic rings. The highest BCUT2D eigenvalue weighted by molar-refractivity contribution is 5.67. The molecule has 58 heavy (non-hydrogen) atoms. The second-order valence-electron chi connectivity index (χ2n) is 20.0. The van der Waals surface area contributed by atoms with Crippen LogP contribution in [-0.4, -0.2) is 35.5 Å². The Hall–Kier alpha value is -0.610. The highest BCUT2D eigenvalue weighted by Crippen LogP contribution is 2.48. The lowest BCUT2D eigenvalue weighted by Gasteiger charge is -2.22. The van der Waals surface area contributed by atoms with Crippen LogP contribution in [0.2, 0.25) is 0 Å². The van der Waals surface area contributed by atoms with Gasteiger partial charge in [0, 0.05) is 7.11 Å². The minimum Gasteiger partial charge on any atom is -0.481 e. The van der Waals surface area contributed by atoms with E-state index in [9.17, 15) is 9.90 Å². The Kier molecular flexibility index (Phi) is 39.9. The van der Waals surface area contributed by atoms with Crippen molar-refractivity contribution in [3.63, 3.8) is 0 Å². The first kappa shape index (κ1) is 55.4. The first-order valence-electron chi connectivity index (χ1n) is 26.8. The molecule has 0 aromatic carbocycles. The van der Waals surface area contributed by atoms with Gasteiger partial charge in [0.2, 0.25) is 0 Å². The summed E-state index contributed by atoms with van der Waals surface area (Å²) in [6.07, 6.45) is 57.8. The quantitative estimate of drug-likeness (QED) is 0.0600. The topological polar surface area (TPSA) is 66.8 Å². The van der Waals surface area contributed by atoms with Gasteiger partial charge in [-0.1, -0.05) is 265 Å². The van der Waals surface area contributed by atoms with Crippen molar-refractivity contribution in [3.05, 3.63) is 0 Å². The van der Waals surface area contributed by atoms with Crippen LogP contribution in [0.5, 0.6) is 0 Å². The first-order chi connectivity index (χ1) is 28.4. The molecular weight excluding hydrogens is 713 g/mol. The Morgan fingerprint density at radius 3 is 1.24 bits per heavy atom. The SMILES string of the molecule is CCCCCCCC[C@H](C)[C@H](CCCCCCCCCCCCCCCC[C@H](C)[C@H]1C[C@H]1CCCCCCCCCCCCCCCCCC[C@@H](O)CC(=O)O)OC. The Morgan fingerprint density at radius 2 is 0.845 bits per heavy atom. The van der Waals surface area contributed by atoms with Crippen molar-refractivity contribution in [2.75, 3.05) is 7.11 Å². The molecule has 1 saturated carbocycles. The van der Waals surface area contributed by atoms with E-state index in [0.717, 1.165) is 36.5 Å². The molecule has 1 fully saturated rings. The van der Waals surface area contributed by atoms with Crippen LogP contribution in [0.1, 0.15) is 297 Å². The standard InChI is InChI=1S/C54H106O4/c1-5-6-7-8-31-37-42-49(3)53(58-4)45-40-35-30-26-22-18-14-13-15-19-23-27-32-36-41-48(2)52-46-50(52)43-38-33-28-24-20-16-11-9-10-12-17-21-25-29-34-39-44-51(55)47-54(56)57/h48-53,55H,5-47H2,1-4H3,(H,56,57)/t48-,49-,50+,51+,52+,53-/m0/s1. The van der Waals surface area contributed by atoms with Crippen LogP contribution < -0.4 is 0 Å². The number of hydrogen-bond acceptors (Lipinski definition) is 3. The minimum atomic E-state index is -0.899. The third-order valence-electron chi connectivity index (χ3n) is 14.3. The van der Waals surface area contributed by atoms with Crippen LogP contribution in [0.15, 0.2) is 0 Å². The molecule has 1 aliphatic carbocycles. The fourth-order valence-electron chi connectivity index (χ4n) is 10.1. The van der Waals surface area contributed by atoms with Crippen LogP contribution in [0, 0.1) is 23.7 Å². The summed E-state index contributed by atoms with van der Waals surface area (Å²) in [6.45, 7) is 7.28. The molecule has 0 amide bonds. The summed E-state index contributed by atoms with van der Waals surface area (Å²) < 4.78 is 5.89. The van der Waals surface area contributed by atoms with Gasteiger partial charge < -0.3 is 14.9 Å². The summed E-state index contributed by atoms with van der Waals surface area (Å²) in [4.78, 5) is 10.6. The molecule has 4 nitrogen and oxygen atoms in total. The zero-order valence-electron chi connectivity index (χ0n) is 40.1. The lowest BCUT2D eigenvalue weighted by molar-refractivity contribution is -0.139. The molecule has 4 heteroatoms. The molecule has 1 rings (SSSR count). The molecule has 0 heterocycles. The van der Waals surface area contributed by atoms with Gasteiger partial charge in [0.1, 0.15) is 0 Å². The number of aliphatic hydroxyl groups is 1. The first-order valence-corrected chi connectivity index (χ1v) is 26.8. The summed E-state index contributed by atoms with van der Waals surface area (Å²) in [6, 6.07) is 0. The van der Waals surface area contributed by atoms with E-state index in [-0.39, 0.29) is 6.42 Å². The van der Waals surface area contributed by atoms with Crippen LogP contribution in [-0.2, 0) is 9.53 Å². The third-order valence-corrected chi connectivity index (χ3v) is 14.3. The van der Waals surface area contributed by atoms with Crippen molar-refractivity contribution < 1.29 is 19.7 Å². The number of hydrogen-bond donors (Lipinski definition) is 2. The smallest absolute Gasteiger partial charge is 0.305 e. The molecule has 346 valence electrons. The monoisotopic (exact) mass is 819 g/mol. The molecule has 0 unspecified atom stereocenters. The van der Waals surface area contributed by atoms with Crippen molar-refractivity contribution in [2.24, 2.45) is 23.7 Å². The van der Waals surface area contributed by atoms with Crippen molar-refractivity contribution in [2.45, 2.75) is 309 Å². The summed E-state index contributed by atoms with van der Waals surface area (Å²) >= 11 is 0. The summed E-state index contributed by atoms with van der Waals surface area (Å²) in [5, 5.41) is 18.3. The van der Waals surface area contributed by atoms with E-state index in [1.807, 2.05) is 7.11 Å². The van der Waals surface area contributed by atoms with Gasteiger partial charge in [-0.25, -0.2) is 0 Å². The molecule has 2 N–H and O–H groups in total. The van der Waals surface area contributed by atoms with E-state index < -0.39 is 12.1 Å². The van der Waals surface area contributed by atoms with Crippen molar-refractivity contribution in [3.8, 4) is 0 Å². The van der Waals surface area contributed by atoms with Crippen molar-refractivity contribution in [1.82, 2.24) is 0 Å². The zero-order valence-corrected chi connectivity index (χ0v) is 40.1. The summed E-state index contributed by atoms with van der Waals surface area (Å²) in [7, 11) is 1.93. The van der Waals surface area contributed by atoms with Gasteiger partial charge in [0.25, 0.3) is 0 Å². The molecule has 0 aliphatic heterocycles. The molecule has 0 spiro atoms. The highest BCUT2D eigenvalue weighted by Gasteiger charge is 2.39. The minimum absolute atomic E-state index is 0.113. The van der Waals surface area contributed by atoms with Gasteiger partial charge in [0.15, 0.2) is 0 Å². The largest absolute Gasteiger partial charge is 0.481 e. The number of aliphatic carboxylic acids is 1. The number of carboxylic acids is 1. The molecule has 0 saturated heterocycles. The molecule has 0 aromatic heterocycles. The van der Waals surface area contributed by atoms with Crippen molar-refractivity contribution >= 4 is 5.97 Å². The van der Waals surface area contributed by atoms with Gasteiger partial charge in [-0.15, -0.1) is 0 Å². The predicted molar refractivity (Wildman–Crippen MR) is 254 cm³/mol. The average molecular weight is 819 g/mol. The number of carboxylic acid groups (broad SMARTS) is 1. The fourth-order valence-corrected chi connectivity index (χ4v) is 10.1. The lowest BCUT2D eigenvalue weighted by atomic mass is 9.93. The van der Waals surface area contributed by atoms with Gasteiger partial charge in [-0.2, -0.15) is 0 Å². The maximum atomic E-state index is 10.6. The van der Waals surface area contributed by atoms with Crippen LogP contribution in [0.25, 0.3) is 0 Å². The van der Waals surface area contributed by atoms with E-state index in [2.05, 4.69) is 20.8 Å². The Morgan fingerprint density at radius 1 is 0.500 bits per heavy atom. The molecule has 0 bridgehead atoms. The Labute approximate surface area is 364 Å². The summed E-state index contributed by atoms with van der Waals surface area (Å²) in [5.41, 5.74) is 0. The van der Waals surface area contributed by atoms with Gasteiger partial charge in [-0.3, -0.25) is 4.79 Å². The number of rotatable bonds is 48. The van der Waals surface area contributed by atoms with Crippen molar-refractivity contribution in [1.29, 1.82) is 0 Å². The van der Waals surface area contributed by atoms with Gasteiger partial charge >= 0.3 is 5.97 Å². The van der Waals surface area contributed by atoms with E-state index in [4.69, 9.17) is 9.84 Å². The number of ether oxygens (including phenoxy) is 1. The van der Waals surface area contributed by atoms with Gasteiger partial charge in [0.05, 0.1) is 18.6 Å². The van der Waals surface area contributed by atoms with Crippen LogP contribution >= 0.6 is 0 Å². The maximum Gasteiger partial charge on any atom is 0.305 e. The number of carbonyl (C=O) groups is 1. The van der Waals surface area contributed by atoms with Gasteiger partial charge in [-0.05, 0) is 49.4 Å². The number of methoxy groups -OCH3 is 1. The van der Waals surface area contributed by atoms with E-state index >= 15 is 0 Å². The lowest BCUT2D eigenvalue weighted by Crippen LogP contribution is -2.20. The molecule has 0 radical (unpaired) electrons. The van der Waals surface area contributed by atoms with E-state index in [0.29, 0.717) is 12.5 Å². The Bertz CT molecular complexity index is 845. The third kappa shape index (κ3) is 36.1. The van der Waals surface area contributed by atoms with E-state index in [1.165, 1.54) is 250 Å². The molecule has 0 aromatic rings. The predicted octanol–water partition coefficient (Wildman–Crippen LogP) is 17.8. The molecule has 6 atom stereocenters. The summed E-state index contributed by atoms with van der Waals surface area (Å²) in [5.74, 6) is 2.92. The average Bonchev–Trinajstić information content (AvgIpc) is 3.99. The second-order valence-corrected chi connectivity index (χ2v) is 20.0. The van der Waals surface area contributed by atoms with E-state index in [1.54, 1.807) is 0 Å². The normalized spacial score (nSPS) is 17.4. The highest BCUT2D eigenvalue weighted by atomic mass is 16.5. The maximum absolute atomic E-state index is 10.6. The zero-order chi connectivity index (χ0) is 42.2. The second kappa shape index (κ2) is 41.7. The Balaban J connectivity index is 1.76. The fraction of sp³-hybridized carbons (Fsp3) is 0.981. The van der Waals surface area contributed by atoms with Crippen LogP contribution in [0.4, 0.5) is 0 Å². The number of aliphatic hydroxyl groups excluding tert-OH is 1. The van der Waals surface area contributed by atoms with Crippen LogP contribution in [0.3, 0.4) is 0 Å².